The van der Waals surface area contributed by atoms with E-state index in [4.69, 9.17) is 0 Å². The summed E-state index contributed by atoms with van der Waals surface area (Å²) in [5.74, 6) is -1.24. The summed E-state index contributed by atoms with van der Waals surface area (Å²) in [6.45, 7) is 13.9. The van der Waals surface area contributed by atoms with Crippen LogP contribution in [0.3, 0.4) is 0 Å². The molecule has 2 aromatic carbocycles. The van der Waals surface area contributed by atoms with Gasteiger partial charge in [0.1, 0.15) is 6.04 Å². The van der Waals surface area contributed by atoms with Crippen LogP contribution in [0.25, 0.3) is 10.8 Å². The maximum atomic E-state index is 14.9. The zero-order valence-corrected chi connectivity index (χ0v) is 26.4. The van der Waals surface area contributed by atoms with Crippen molar-refractivity contribution in [3.8, 4) is 0 Å². The summed E-state index contributed by atoms with van der Waals surface area (Å²) >= 11 is 1.71. The molecule has 43 heavy (non-hydrogen) atoms. The highest BCUT2D eigenvalue weighted by Gasteiger charge is 2.77. The third-order valence-corrected chi connectivity index (χ3v) is 11.6. The van der Waals surface area contributed by atoms with Gasteiger partial charge in [0, 0.05) is 43.2 Å². The van der Waals surface area contributed by atoms with Crippen LogP contribution in [0.4, 0.5) is 5.69 Å². The number of amides is 3. The molecule has 3 heterocycles. The molecule has 0 saturated carbocycles. The molecular weight excluding hydrogens is 558 g/mol. The van der Waals surface area contributed by atoms with Crippen LogP contribution in [0.15, 0.2) is 67.8 Å². The lowest BCUT2D eigenvalue weighted by atomic mass is 9.66. The summed E-state index contributed by atoms with van der Waals surface area (Å²) in [5, 5.41) is 11.5. The third-order valence-electron chi connectivity index (χ3n) is 9.61. The number of carbonyl (C=O) groups excluding carboxylic acids is 3. The average Bonchev–Trinajstić information content (AvgIpc) is 3.57. The van der Waals surface area contributed by atoms with E-state index in [1.165, 1.54) is 0 Å². The lowest BCUT2D eigenvalue weighted by molar-refractivity contribution is -0.145. The highest BCUT2D eigenvalue weighted by atomic mass is 32.2. The van der Waals surface area contributed by atoms with Gasteiger partial charge in [-0.1, -0.05) is 49.4 Å². The van der Waals surface area contributed by atoms with Crippen molar-refractivity contribution in [2.75, 3.05) is 37.7 Å². The van der Waals surface area contributed by atoms with Gasteiger partial charge in [-0.25, -0.2) is 0 Å². The van der Waals surface area contributed by atoms with Crippen molar-refractivity contribution in [1.29, 1.82) is 0 Å². The number of likely N-dealkylation sites (tertiary alicyclic amines) is 1. The Labute approximate surface area is 260 Å². The number of hydrogen-bond acceptors (Lipinski definition) is 5. The van der Waals surface area contributed by atoms with Crippen LogP contribution in [0.2, 0.25) is 0 Å². The molecule has 7 nitrogen and oxygen atoms in total. The molecule has 2 bridgehead atoms. The molecule has 3 aliphatic rings. The van der Waals surface area contributed by atoms with Crippen LogP contribution < -0.4 is 4.90 Å². The van der Waals surface area contributed by atoms with E-state index >= 15 is 0 Å². The fourth-order valence-electron chi connectivity index (χ4n) is 7.75. The average molecular weight is 604 g/mol. The van der Waals surface area contributed by atoms with Crippen molar-refractivity contribution in [3.63, 3.8) is 0 Å². The molecule has 3 aliphatic heterocycles. The topological polar surface area (TPSA) is 81.2 Å². The number of thioether (sulfide) groups is 1. The van der Waals surface area contributed by atoms with Gasteiger partial charge in [0.2, 0.25) is 11.8 Å². The lowest BCUT2D eigenvalue weighted by Crippen LogP contribution is -2.55. The van der Waals surface area contributed by atoms with Crippen LogP contribution in [-0.2, 0) is 14.4 Å². The monoisotopic (exact) mass is 603 g/mol. The number of benzene rings is 2. The standard InChI is InChI=1S/C35H45N3O4S/c1-5-19-36(20-6-2)31(40)28-29-32(41)38(22-11-8-12-23-39)30(35(29)18-17-34(28,4)43-35)33(42)37(21-7-3)27-16-15-25-13-9-10-14-26(25)24-27/h5,7,9-10,13-16,24,28-30,39H,1,3,6,8,11-12,17-23H2,2,4H3/t28-,29-,30?,34+,35?/m0/s1. The highest BCUT2D eigenvalue weighted by molar-refractivity contribution is 8.02. The van der Waals surface area contributed by atoms with E-state index in [2.05, 4.69) is 20.1 Å². The minimum absolute atomic E-state index is 0.00230. The van der Waals surface area contributed by atoms with Gasteiger partial charge in [0.25, 0.3) is 5.91 Å². The minimum Gasteiger partial charge on any atom is -0.396 e. The Morgan fingerprint density at radius 1 is 1.05 bits per heavy atom. The number of aliphatic hydroxyl groups excluding tert-OH is 1. The van der Waals surface area contributed by atoms with Crippen LogP contribution in [-0.4, -0.2) is 80.9 Å². The number of anilines is 1. The number of unbranched alkanes of at least 4 members (excludes halogenated alkanes) is 2. The number of aliphatic hydroxyl groups is 1. The van der Waals surface area contributed by atoms with Gasteiger partial charge in [-0.15, -0.1) is 24.9 Å². The van der Waals surface area contributed by atoms with E-state index in [0.717, 1.165) is 35.7 Å². The van der Waals surface area contributed by atoms with E-state index in [0.29, 0.717) is 45.4 Å². The van der Waals surface area contributed by atoms with Crippen molar-refractivity contribution in [1.82, 2.24) is 9.80 Å². The molecule has 0 aromatic heterocycles. The number of hydrogen-bond donors (Lipinski definition) is 1. The van der Waals surface area contributed by atoms with Gasteiger partial charge >= 0.3 is 0 Å². The quantitative estimate of drug-likeness (QED) is 0.230. The van der Waals surface area contributed by atoms with Gasteiger partial charge in [0.05, 0.1) is 16.6 Å². The second-order valence-electron chi connectivity index (χ2n) is 12.4. The predicted octanol–water partition coefficient (Wildman–Crippen LogP) is 5.43. The first kappa shape index (κ1) is 31.3. The molecule has 1 N–H and O–H groups in total. The van der Waals surface area contributed by atoms with Crippen LogP contribution in [0, 0.1) is 11.8 Å². The normalized spacial score (nSPS) is 27.4. The summed E-state index contributed by atoms with van der Waals surface area (Å²) in [6, 6.07) is 13.4. The Morgan fingerprint density at radius 2 is 1.79 bits per heavy atom. The van der Waals surface area contributed by atoms with Gasteiger partial charge in [0.15, 0.2) is 0 Å². The SMILES string of the molecule is C=CCN(CCC)C(=O)[C@@H]1[C@H]2C(=O)N(CCCCCO)C(C(=O)N(CC=C)c3ccc4ccccc4c3)C23CC[C@@]1(C)S3. The highest BCUT2D eigenvalue weighted by Crippen LogP contribution is 2.71. The van der Waals surface area contributed by atoms with Crippen molar-refractivity contribution < 1.29 is 19.5 Å². The van der Waals surface area contributed by atoms with Crippen molar-refractivity contribution in [2.24, 2.45) is 11.8 Å². The zero-order valence-electron chi connectivity index (χ0n) is 25.5. The molecule has 3 saturated heterocycles. The Bertz CT molecular complexity index is 1400. The second kappa shape index (κ2) is 12.9. The second-order valence-corrected chi connectivity index (χ2v) is 14.3. The van der Waals surface area contributed by atoms with E-state index in [9.17, 15) is 19.5 Å². The largest absolute Gasteiger partial charge is 0.396 e. The Hall–Kier alpha value is -3.10. The first-order valence-electron chi connectivity index (χ1n) is 15.7. The molecular formula is C35H45N3O4S. The fourth-order valence-corrected chi connectivity index (χ4v) is 10.1. The minimum atomic E-state index is -0.686. The van der Waals surface area contributed by atoms with Gasteiger partial charge in [-0.3, -0.25) is 14.4 Å². The molecule has 3 amide bonds. The summed E-state index contributed by atoms with van der Waals surface area (Å²) < 4.78 is -1.10. The fraction of sp³-hybridized carbons (Fsp3) is 0.514. The molecule has 5 atom stereocenters. The maximum Gasteiger partial charge on any atom is 0.251 e. The molecule has 2 unspecified atom stereocenters. The molecule has 230 valence electrons. The van der Waals surface area contributed by atoms with Crippen LogP contribution in [0.5, 0.6) is 0 Å². The summed E-state index contributed by atoms with van der Waals surface area (Å²) in [6.07, 6.45) is 7.90. The van der Waals surface area contributed by atoms with E-state index < -0.39 is 27.4 Å². The van der Waals surface area contributed by atoms with Gasteiger partial charge in [-0.2, -0.15) is 0 Å². The number of carbonyl (C=O) groups is 3. The van der Waals surface area contributed by atoms with Crippen LogP contribution in [0.1, 0.15) is 52.4 Å². The van der Waals surface area contributed by atoms with Gasteiger partial charge < -0.3 is 19.8 Å². The van der Waals surface area contributed by atoms with Crippen molar-refractivity contribution in [3.05, 3.63) is 67.8 Å². The molecule has 1 spiro atoms. The Balaban J connectivity index is 1.56. The van der Waals surface area contributed by atoms with E-state index in [-0.39, 0.29) is 24.3 Å². The number of nitrogens with zero attached hydrogens (tertiary/aromatic N) is 3. The zero-order chi connectivity index (χ0) is 30.8. The van der Waals surface area contributed by atoms with Crippen molar-refractivity contribution in [2.45, 2.75) is 67.9 Å². The Kier molecular flexibility index (Phi) is 9.37. The number of rotatable bonds is 14. The van der Waals surface area contributed by atoms with Crippen molar-refractivity contribution >= 4 is 45.9 Å². The van der Waals surface area contributed by atoms with Crippen LogP contribution >= 0.6 is 11.8 Å². The molecule has 8 heteroatoms. The molecule has 0 aliphatic carbocycles. The maximum absolute atomic E-state index is 14.9. The predicted molar refractivity (Wildman–Crippen MR) is 175 cm³/mol. The molecule has 2 aromatic rings. The summed E-state index contributed by atoms with van der Waals surface area (Å²) in [7, 11) is 0. The first-order valence-corrected chi connectivity index (χ1v) is 16.5. The number of fused-ring (bicyclic) bond motifs is 2. The van der Waals surface area contributed by atoms with Gasteiger partial charge in [-0.05, 0) is 68.4 Å². The molecule has 5 rings (SSSR count). The van der Waals surface area contributed by atoms with E-state index in [1.807, 2.05) is 54.3 Å². The Morgan fingerprint density at radius 3 is 2.49 bits per heavy atom. The summed E-state index contributed by atoms with van der Waals surface area (Å²) in [5.41, 5.74) is 0.771. The molecule has 0 radical (unpaired) electrons. The lowest BCUT2D eigenvalue weighted by Gasteiger charge is -2.38. The first-order chi connectivity index (χ1) is 20.8. The smallest absolute Gasteiger partial charge is 0.251 e. The molecule has 3 fully saturated rings. The third kappa shape index (κ3) is 5.42. The van der Waals surface area contributed by atoms with E-state index in [1.54, 1.807) is 33.7 Å². The summed E-state index contributed by atoms with van der Waals surface area (Å²) in [4.78, 5) is 49.0.